The van der Waals surface area contributed by atoms with Crippen LogP contribution in [0.25, 0.3) is 0 Å². The van der Waals surface area contributed by atoms with Crippen LogP contribution in [0.3, 0.4) is 0 Å². The van der Waals surface area contributed by atoms with Gasteiger partial charge in [-0.05, 0) is 60.2 Å². The molecule has 1 amide bonds. The maximum Gasteiger partial charge on any atom is 0.338 e. The Balaban J connectivity index is 1.47. The summed E-state index contributed by atoms with van der Waals surface area (Å²) in [4.78, 5) is 23.8. The number of carbonyl (C=O) groups excluding carboxylic acids is 2. The molecule has 4 nitrogen and oxygen atoms in total. The third-order valence-corrected chi connectivity index (χ3v) is 4.07. The third-order valence-electron chi connectivity index (χ3n) is 4.07. The molecule has 124 valence electrons. The lowest BCUT2D eigenvalue weighted by Crippen LogP contribution is -2.28. The molecule has 1 aliphatic rings. The van der Waals surface area contributed by atoms with Crippen LogP contribution < -0.4 is 5.32 Å². The highest BCUT2D eigenvalue weighted by atomic mass is 19.1. The van der Waals surface area contributed by atoms with Crippen LogP contribution in [0.1, 0.15) is 33.5 Å². The Bertz CT molecular complexity index is 756. The lowest BCUT2D eigenvalue weighted by molar-refractivity contribution is -0.124. The van der Waals surface area contributed by atoms with E-state index in [1.54, 1.807) is 18.2 Å². The van der Waals surface area contributed by atoms with Crippen LogP contribution in [0, 0.1) is 5.82 Å². The normalized spacial score (nSPS) is 12.5. The van der Waals surface area contributed by atoms with Crippen LogP contribution in [-0.2, 0) is 28.9 Å². The monoisotopic (exact) mass is 327 g/mol. The molecule has 24 heavy (non-hydrogen) atoms. The summed E-state index contributed by atoms with van der Waals surface area (Å²) in [7, 11) is 0. The van der Waals surface area contributed by atoms with Gasteiger partial charge < -0.3 is 10.1 Å². The third kappa shape index (κ3) is 3.98. The van der Waals surface area contributed by atoms with E-state index in [0.717, 1.165) is 24.8 Å². The van der Waals surface area contributed by atoms with Crippen molar-refractivity contribution in [2.75, 3.05) is 6.61 Å². The van der Waals surface area contributed by atoms with Gasteiger partial charge in [0, 0.05) is 6.54 Å². The maximum absolute atomic E-state index is 12.8. The minimum absolute atomic E-state index is 0.259. The fraction of sp³-hybridized carbons (Fsp3) is 0.263. The van der Waals surface area contributed by atoms with Crippen molar-refractivity contribution in [3.63, 3.8) is 0 Å². The van der Waals surface area contributed by atoms with E-state index < -0.39 is 11.9 Å². The molecule has 5 heteroatoms. The van der Waals surface area contributed by atoms with Crippen LogP contribution in [0.4, 0.5) is 4.39 Å². The highest BCUT2D eigenvalue weighted by molar-refractivity contribution is 5.91. The number of benzene rings is 2. The van der Waals surface area contributed by atoms with Crippen LogP contribution in [-0.4, -0.2) is 18.5 Å². The van der Waals surface area contributed by atoms with Gasteiger partial charge in [0.1, 0.15) is 5.82 Å². The van der Waals surface area contributed by atoms with Crippen LogP contribution in [0.2, 0.25) is 0 Å². The van der Waals surface area contributed by atoms with Gasteiger partial charge in [-0.3, -0.25) is 4.79 Å². The number of ether oxygens (including phenoxy) is 1. The molecule has 0 fully saturated rings. The van der Waals surface area contributed by atoms with Gasteiger partial charge >= 0.3 is 5.97 Å². The molecule has 0 saturated carbocycles. The lowest BCUT2D eigenvalue weighted by atomic mass is 10.1. The Morgan fingerprint density at radius 1 is 1.04 bits per heavy atom. The zero-order chi connectivity index (χ0) is 16.9. The molecule has 0 saturated heterocycles. The highest BCUT2D eigenvalue weighted by Crippen LogP contribution is 2.23. The van der Waals surface area contributed by atoms with Crippen LogP contribution >= 0.6 is 0 Å². The average Bonchev–Trinajstić information content (AvgIpc) is 3.06. The Labute approximate surface area is 139 Å². The second-order valence-electron chi connectivity index (χ2n) is 5.82. The van der Waals surface area contributed by atoms with Crippen molar-refractivity contribution in [2.45, 2.75) is 25.8 Å². The fourth-order valence-electron chi connectivity index (χ4n) is 2.77. The van der Waals surface area contributed by atoms with Gasteiger partial charge in [0.05, 0.1) is 5.56 Å². The molecule has 0 atom stereocenters. The molecule has 0 spiro atoms. The molecule has 3 rings (SSSR count). The molecule has 0 aliphatic heterocycles. The molecular weight excluding hydrogens is 309 g/mol. The molecular formula is C19H18FNO3. The zero-order valence-electron chi connectivity index (χ0n) is 13.2. The number of hydrogen-bond donors (Lipinski definition) is 1. The van der Waals surface area contributed by atoms with Crippen molar-refractivity contribution in [2.24, 2.45) is 0 Å². The molecule has 0 bridgehead atoms. The highest BCUT2D eigenvalue weighted by Gasteiger charge is 2.15. The average molecular weight is 327 g/mol. The molecule has 0 aromatic heterocycles. The van der Waals surface area contributed by atoms with Gasteiger partial charge in [-0.15, -0.1) is 0 Å². The van der Waals surface area contributed by atoms with E-state index in [4.69, 9.17) is 4.74 Å². The molecule has 1 aliphatic carbocycles. The fourth-order valence-corrected chi connectivity index (χ4v) is 2.77. The summed E-state index contributed by atoms with van der Waals surface area (Å²) in [5.74, 6) is -1.22. The standard InChI is InChI=1S/C19H18FNO3/c20-17-8-4-13(5-9-17)11-21-18(22)12-24-19(23)16-7-6-14-2-1-3-15(14)10-16/h4-10H,1-3,11-12H2,(H,21,22). The van der Waals surface area contributed by atoms with Crippen molar-refractivity contribution in [1.82, 2.24) is 5.32 Å². The first-order chi connectivity index (χ1) is 11.6. The number of carbonyl (C=O) groups is 2. The van der Waals surface area contributed by atoms with Gasteiger partial charge in [-0.2, -0.15) is 0 Å². The van der Waals surface area contributed by atoms with Crippen molar-refractivity contribution in [1.29, 1.82) is 0 Å². The van der Waals surface area contributed by atoms with Crippen molar-refractivity contribution >= 4 is 11.9 Å². The number of esters is 1. The second-order valence-corrected chi connectivity index (χ2v) is 5.82. The van der Waals surface area contributed by atoms with E-state index in [1.807, 2.05) is 12.1 Å². The molecule has 1 N–H and O–H groups in total. The first-order valence-electron chi connectivity index (χ1n) is 7.92. The predicted octanol–water partition coefficient (Wildman–Crippen LogP) is 2.79. The van der Waals surface area contributed by atoms with E-state index in [9.17, 15) is 14.0 Å². The number of amides is 1. The largest absolute Gasteiger partial charge is 0.452 e. The van der Waals surface area contributed by atoms with Crippen molar-refractivity contribution in [3.05, 3.63) is 70.5 Å². The topological polar surface area (TPSA) is 55.4 Å². The predicted molar refractivity (Wildman–Crippen MR) is 87.0 cm³/mol. The lowest BCUT2D eigenvalue weighted by Gasteiger charge is -2.08. The summed E-state index contributed by atoms with van der Waals surface area (Å²) >= 11 is 0. The van der Waals surface area contributed by atoms with Crippen LogP contribution in [0.15, 0.2) is 42.5 Å². The first-order valence-corrected chi connectivity index (χ1v) is 7.92. The number of halogens is 1. The Morgan fingerprint density at radius 2 is 1.79 bits per heavy atom. The summed E-state index contributed by atoms with van der Waals surface area (Å²) < 4.78 is 17.8. The number of hydrogen-bond acceptors (Lipinski definition) is 3. The van der Waals surface area contributed by atoms with E-state index >= 15 is 0 Å². The Hall–Kier alpha value is -2.69. The Morgan fingerprint density at radius 3 is 2.58 bits per heavy atom. The van der Waals surface area contributed by atoms with Gasteiger partial charge in [0.15, 0.2) is 6.61 Å². The molecule has 2 aromatic rings. The molecule has 2 aromatic carbocycles. The number of aryl methyl sites for hydroxylation is 2. The van der Waals surface area contributed by atoms with E-state index in [-0.39, 0.29) is 19.0 Å². The van der Waals surface area contributed by atoms with Gasteiger partial charge in [-0.25, -0.2) is 9.18 Å². The van der Waals surface area contributed by atoms with E-state index in [2.05, 4.69) is 5.32 Å². The summed E-state index contributed by atoms with van der Waals surface area (Å²) in [6.07, 6.45) is 3.14. The number of fused-ring (bicyclic) bond motifs is 1. The first kappa shape index (κ1) is 16.2. The van der Waals surface area contributed by atoms with E-state index in [1.165, 1.54) is 23.3 Å². The van der Waals surface area contributed by atoms with Gasteiger partial charge in [0.25, 0.3) is 5.91 Å². The Kier molecular flexibility index (Phi) is 4.89. The SMILES string of the molecule is O=C(COC(=O)c1ccc2c(c1)CCC2)NCc1ccc(F)cc1. The van der Waals surface area contributed by atoms with Crippen molar-refractivity contribution in [3.8, 4) is 0 Å². The molecule has 0 heterocycles. The van der Waals surface area contributed by atoms with Crippen molar-refractivity contribution < 1.29 is 18.7 Å². The van der Waals surface area contributed by atoms with E-state index in [0.29, 0.717) is 5.56 Å². The summed E-state index contributed by atoms with van der Waals surface area (Å²) in [6.45, 7) is -0.0768. The van der Waals surface area contributed by atoms with Gasteiger partial charge in [-0.1, -0.05) is 18.2 Å². The summed E-state index contributed by atoms with van der Waals surface area (Å²) in [5, 5.41) is 2.63. The zero-order valence-corrected chi connectivity index (χ0v) is 13.2. The smallest absolute Gasteiger partial charge is 0.338 e. The molecule has 0 radical (unpaired) electrons. The van der Waals surface area contributed by atoms with Crippen LogP contribution in [0.5, 0.6) is 0 Å². The minimum atomic E-state index is -0.498. The minimum Gasteiger partial charge on any atom is -0.452 e. The molecule has 0 unspecified atom stereocenters. The second kappa shape index (κ2) is 7.25. The number of rotatable bonds is 5. The summed E-state index contributed by atoms with van der Waals surface area (Å²) in [5.41, 5.74) is 3.71. The maximum atomic E-state index is 12.8. The van der Waals surface area contributed by atoms with Gasteiger partial charge in [0.2, 0.25) is 0 Å². The number of nitrogens with one attached hydrogen (secondary N) is 1. The quantitative estimate of drug-likeness (QED) is 0.859. The summed E-state index contributed by atoms with van der Waals surface area (Å²) in [6, 6.07) is 11.4.